The van der Waals surface area contributed by atoms with Crippen molar-refractivity contribution in [3.05, 3.63) is 16.1 Å². The second-order valence-corrected chi connectivity index (χ2v) is 15.3. The van der Waals surface area contributed by atoms with E-state index in [1.807, 2.05) is 32.6 Å². The zero-order valence-corrected chi connectivity index (χ0v) is 31.5. The lowest BCUT2D eigenvalue weighted by atomic mass is 9.93. The van der Waals surface area contributed by atoms with Crippen LogP contribution < -0.4 is 16.4 Å². The maximum atomic E-state index is 13.5. The van der Waals surface area contributed by atoms with E-state index in [-0.39, 0.29) is 48.2 Å². The Morgan fingerprint density at radius 3 is 2.25 bits per heavy atom. The molecule has 48 heavy (non-hydrogen) atoms. The highest BCUT2D eigenvalue weighted by Gasteiger charge is 2.33. The molecule has 0 saturated carbocycles. The minimum absolute atomic E-state index is 0.0828. The average molecular weight is 698 g/mol. The maximum Gasteiger partial charge on any atom is 0.407 e. The molecule has 13 heteroatoms. The third-order valence-electron chi connectivity index (χ3n) is 7.87. The summed E-state index contributed by atoms with van der Waals surface area (Å²) in [4.78, 5) is 55.9. The minimum Gasteiger partial charge on any atom is -0.439 e. The Kier molecular flexibility index (Phi) is 20.7. The van der Waals surface area contributed by atoms with Crippen LogP contribution in [0.2, 0.25) is 0 Å². The Bertz CT molecular complexity index is 1100. The van der Waals surface area contributed by atoms with E-state index >= 15 is 0 Å². The first-order valence-corrected chi connectivity index (χ1v) is 18.3. The van der Waals surface area contributed by atoms with Crippen molar-refractivity contribution in [1.82, 2.24) is 20.5 Å². The Hall–Kier alpha value is -2.61. The smallest absolute Gasteiger partial charge is 0.407 e. The highest BCUT2D eigenvalue weighted by molar-refractivity contribution is 7.09. The monoisotopic (exact) mass is 697 g/mol. The number of hydrogen-bond acceptors (Lipinski definition) is 10. The lowest BCUT2D eigenvalue weighted by Gasteiger charge is -2.36. The number of unbranched alkanes of at least 4 members (excludes halogenated alkanes) is 4. The number of alkyl carbamates (subject to hydrolysis) is 1. The third-order valence-corrected chi connectivity index (χ3v) is 8.83. The number of carbonyl (C=O) groups excluding carboxylic acids is 4. The molecule has 0 aromatic carbocycles. The van der Waals surface area contributed by atoms with Gasteiger partial charge in [-0.1, -0.05) is 81.1 Å². The second-order valence-electron chi connectivity index (χ2n) is 14.4. The van der Waals surface area contributed by atoms with Gasteiger partial charge in [-0.2, -0.15) is 0 Å². The first-order valence-electron chi connectivity index (χ1n) is 17.4. The number of hydrogen-bond donors (Lipinski definition) is 3. The molecule has 1 aromatic rings. The van der Waals surface area contributed by atoms with Crippen LogP contribution in [0.1, 0.15) is 128 Å². The lowest BCUT2D eigenvalue weighted by molar-refractivity contribution is -0.135. The van der Waals surface area contributed by atoms with Gasteiger partial charge < -0.3 is 35.5 Å². The summed E-state index contributed by atoms with van der Waals surface area (Å²) in [6.45, 7) is 18.5. The molecule has 0 fully saturated rings. The number of nitrogens with one attached hydrogen (secondary N) is 2. The van der Waals surface area contributed by atoms with Crippen LogP contribution in [0.25, 0.3) is 0 Å². The van der Waals surface area contributed by atoms with Gasteiger partial charge in [0, 0.05) is 48.2 Å². The van der Waals surface area contributed by atoms with Crippen LogP contribution in [0.15, 0.2) is 5.38 Å². The predicted octanol–water partition coefficient (Wildman–Crippen LogP) is 5.85. The lowest BCUT2D eigenvalue weighted by Crippen LogP contribution is -2.45. The summed E-state index contributed by atoms with van der Waals surface area (Å²) < 4.78 is 17.6. The van der Waals surface area contributed by atoms with Gasteiger partial charge in [-0.05, 0) is 18.8 Å². The Labute approximate surface area is 292 Å². The number of aldehydes is 1. The first kappa shape index (κ1) is 43.4. The molecule has 12 nitrogen and oxygen atoms in total. The minimum atomic E-state index is -0.733. The summed E-state index contributed by atoms with van der Waals surface area (Å²) in [5.41, 5.74) is 4.86. The number of aromatic nitrogens is 1. The highest BCUT2D eigenvalue weighted by Crippen LogP contribution is 2.31. The number of thiazole rings is 1. The zero-order chi connectivity index (χ0) is 36.2. The van der Waals surface area contributed by atoms with E-state index in [0.29, 0.717) is 57.0 Å². The van der Waals surface area contributed by atoms with Gasteiger partial charge in [-0.3, -0.25) is 14.4 Å². The van der Waals surface area contributed by atoms with Crippen LogP contribution in [0.5, 0.6) is 0 Å². The maximum absolute atomic E-state index is 13.5. The van der Waals surface area contributed by atoms with Gasteiger partial charge in [-0.15, -0.1) is 11.3 Å². The van der Waals surface area contributed by atoms with Crippen LogP contribution in [-0.2, 0) is 23.8 Å². The zero-order valence-electron chi connectivity index (χ0n) is 30.7. The summed E-state index contributed by atoms with van der Waals surface area (Å²) >= 11 is 1.28. The average Bonchev–Trinajstić information content (AvgIpc) is 3.52. The van der Waals surface area contributed by atoms with Crippen molar-refractivity contribution in [2.24, 2.45) is 22.5 Å². The van der Waals surface area contributed by atoms with Crippen molar-refractivity contribution in [3.63, 3.8) is 0 Å². The van der Waals surface area contributed by atoms with Crippen LogP contribution in [-0.4, -0.2) is 86.3 Å². The molecule has 4 N–H and O–H groups in total. The summed E-state index contributed by atoms with van der Waals surface area (Å²) in [6, 6.07) is -0.175. The van der Waals surface area contributed by atoms with E-state index < -0.39 is 17.6 Å². The molecular weight excluding hydrogens is 634 g/mol. The Morgan fingerprint density at radius 1 is 0.979 bits per heavy atom. The number of ether oxygens (including phenoxy) is 3. The van der Waals surface area contributed by atoms with Gasteiger partial charge in [0.05, 0.1) is 26.4 Å². The van der Waals surface area contributed by atoms with Crippen molar-refractivity contribution in [1.29, 1.82) is 0 Å². The molecule has 0 aliphatic rings. The molecule has 0 aliphatic heterocycles. The largest absolute Gasteiger partial charge is 0.439 e. The van der Waals surface area contributed by atoms with Crippen molar-refractivity contribution in [2.45, 2.75) is 119 Å². The Morgan fingerprint density at radius 2 is 1.65 bits per heavy atom. The number of rotatable bonds is 26. The molecule has 0 bridgehead atoms. The van der Waals surface area contributed by atoms with Gasteiger partial charge in [-0.25, -0.2) is 9.78 Å². The van der Waals surface area contributed by atoms with E-state index in [0.717, 1.165) is 38.5 Å². The summed E-state index contributed by atoms with van der Waals surface area (Å²) in [7, 11) is 0. The molecule has 0 radical (unpaired) electrons. The fraction of sp³-hybridized carbons (Fsp3) is 0.800. The van der Waals surface area contributed by atoms with E-state index in [4.69, 9.17) is 19.9 Å². The molecule has 1 rings (SSSR count). The number of amides is 3. The predicted molar refractivity (Wildman–Crippen MR) is 190 cm³/mol. The van der Waals surface area contributed by atoms with Gasteiger partial charge >= 0.3 is 6.09 Å². The molecule has 0 aliphatic carbocycles. The first-order chi connectivity index (χ1) is 22.7. The van der Waals surface area contributed by atoms with Gasteiger partial charge in [0.25, 0.3) is 0 Å². The van der Waals surface area contributed by atoms with Crippen LogP contribution in [0.4, 0.5) is 4.79 Å². The topological polar surface area (TPSA) is 162 Å². The molecule has 0 saturated heterocycles. The van der Waals surface area contributed by atoms with E-state index in [2.05, 4.69) is 43.3 Å². The molecule has 2 unspecified atom stereocenters. The molecule has 2 atom stereocenters. The SMILES string of the molecule is CCCCCCN(C(=O)CCCC)C(CC(OC(=O)NCC(C)(C)COCC(C)(C)COCNC(=O)CN)c1nc(C=O)cs1)C(C)C. The quantitative estimate of drug-likeness (QED) is 0.0612. The van der Waals surface area contributed by atoms with Crippen LogP contribution >= 0.6 is 11.3 Å². The molecule has 276 valence electrons. The van der Waals surface area contributed by atoms with Crippen molar-refractivity contribution in [3.8, 4) is 0 Å². The molecule has 3 amide bonds. The number of nitrogens with zero attached hydrogens (tertiary/aromatic N) is 2. The Balaban J connectivity index is 2.93. The van der Waals surface area contributed by atoms with Gasteiger partial charge in [0.2, 0.25) is 11.8 Å². The van der Waals surface area contributed by atoms with Crippen molar-refractivity contribution < 1.29 is 33.4 Å². The molecule has 1 aromatic heterocycles. The van der Waals surface area contributed by atoms with E-state index in [9.17, 15) is 19.2 Å². The van der Waals surface area contributed by atoms with Crippen molar-refractivity contribution >= 4 is 35.5 Å². The normalized spacial score (nSPS) is 13.2. The van der Waals surface area contributed by atoms with Gasteiger partial charge in [0.1, 0.15) is 17.4 Å². The van der Waals surface area contributed by atoms with E-state index in [1.54, 1.807) is 5.38 Å². The third kappa shape index (κ3) is 17.7. The fourth-order valence-electron chi connectivity index (χ4n) is 5.05. The molecular formula is C35H63N5O7S. The summed E-state index contributed by atoms with van der Waals surface area (Å²) in [6.07, 6.45) is 6.17. The number of carbonyl (C=O) groups is 4. The van der Waals surface area contributed by atoms with Crippen LogP contribution in [0.3, 0.4) is 0 Å². The second kappa shape index (κ2) is 22.9. The molecule has 1 heterocycles. The summed E-state index contributed by atoms with van der Waals surface area (Å²) in [5.74, 6) is -0.0489. The van der Waals surface area contributed by atoms with Crippen molar-refractivity contribution in [2.75, 3.05) is 46.2 Å². The highest BCUT2D eigenvalue weighted by atomic mass is 32.1. The molecule has 0 spiro atoms. The standard InChI is InChI=1S/C35H63N5O7S/c1-9-11-13-14-16-40(31(43)15-12-10-2)28(26(3)4)17-29(32-39-27(19-41)20-48-32)47-33(44)37-21-34(5,6)22-45-23-35(7,8)24-46-25-38-30(42)18-36/h19-20,26,28-29H,9-18,21-25,36H2,1-8H3,(H,37,44)(H,38,42). The summed E-state index contributed by atoms with van der Waals surface area (Å²) in [5, 5.41) is 7.64. The number of nitrogens with two attached hydrogens (primary N) is 1. The van der Waals surface area contributed by atoms with Crippen LogP contribution in [0, 0.1) is 16.7 Å². The fourth-order valence-corrected chi connectivity index (χ4v) is 5.85. The van der Waals surface area contributed by atoms with Gasteiger partial charge in [0.15, 0.2) is 12.4 Å². The van der Waals surface area contributed by atoms with E-state index in [1.165, 1.54) is 11.3 Å².